The lowest BCUT2D eigenvalue weighted by Gasteiger charge is -2.31. The molecular weight excluding hydrogens is 404 g/mol. The molecule has 166 valence electrons. The van der Waals surface area contributed by atoms with Crippen LogP contribution < -0.4 is 9.64 Å². The van der Waals surface area contributed by atoms with Crippen LogP contribution in [0.3, 0.4) is 0 Å². The summed E-state index contributed by atoms with van der Waals surface area (Å²) in [5.41, 5.74) is 0.779. The van der Waals surface area contributed by atoms with Crippen LogP contribution in [0.4, 0.5) is 14.6 Å². The fourth-order valence-electron chi connectivity index (χ4n) is 5.89. The average molecular weight is 431 g/mol. The summed E-state index contributed by atoms with van der Waals surface area (Å²) in [6, 6.07) is 0.324. The van der Waals surface area contributed by atoms with Crippen molar-refractivity contribution >= 4 is 16.7 Å². The van der Waals surface area contributed by atoms with Crippen LogP contribution in [0.5, 0.6) is 6.01 Å². The van der Waals surface area contributed by atoms with Crippen LogP contribution in [0.15, 0.2) is 6.20 Å². The van der Waals surface area contributed by atoms with Gasteiger partial charge in [0, 0.05) is 26.1 Å². The highest BCUT2D eigenvalue weighted by Gasteiger charge is 2.49. The molecule has 4 aliphatic rings. The summed E-state index contributed by atoms with van der Waals surface area (Å²) >= 11 is 0. The van der Waals surface area contributed by atoms with Crippen molar-refractivity contribution in [3.63, 3.8) is 0 Å². The standard InChI is InChI=1S/C22H27F2N5O2/c23-14-9-22(5-1-6-28(22)11-14)13-31-21-26-19-16(24)10-25-17-4-3-15-12-30-8-2-7-29(15)20(27-21)18(17)19/h10,14-15H,1-9,11-13H2/t14-,15?,22+/m1/s1. The van der Waals surface area contributed by atoms with Gasteiger partial charge < -0.3 is 14.4 Å². The van der Waals surface area contributed by atoms with Gasteiger partial charge in [0.2, 0.25) is 0 Å². The number of pyridine rings is 1. The van der Waals surface area contributed by atoms with Crippen LogP contribution in [-0.4, -0.2) is 77.1 Å². The van der Waals surface area contributed by atoms with Crippen LogP contribution in [-0.2, 0) is 11.2 Å². The minimum atomic E-state index is -0.824. The van der Waals surface area contributed by atoms with Crippen molar-refractivity contribution in [3.8, 4) is 6.01 Å². The molecule has 0 bridgehead atoms. The first-order valence-corrected chi connectivity index (χ1v) is 11.3. The topological polar surface area (TPSA) is 63.6 Å². The average Bonchev–Trinajstić information content (AvgIpc) is 3.10. The molecule has 0 aromatic carbocycles. The maximum absolute atomic E-state index is 14.8. The molecule has 3 atom stereocenters. The van der Waals surface area contributed by atoms with Crippen molar-refractivity contribution in [2.45, 2.75) is 56.3 Å². The number of hydrogen-bond donors (Lipinski definition) is 0. The fraction of sp³-hybridized carbons (Fsp3) is 0.682. The number of alkyl halides is 1. The van der Waals surface area contributed by atoms with E-state index in [1.165, 1.54) is 6.20 Å². The minimum absolute atomic E-state index is 0.160. The largest absolute Gasteiger partial charge is 0.461 e. The Morgan fingerprint density at radius 1 is 1.26 bits per heavy atom. The Morgan fingerprint density at radius 3 is 3.13 bits per heavy atom. The first-order valence-electron chi connectivity index (χ1n) is 11.3. The first kappa shape index (κ1) is 19.5. The van der Waals surface area contributed by atoms with E-state index in [0.29, 0.717) is 44.0 Å². The number of aryl methyl sites for hydroxylation is 1. The Morgan fingerprint density at radius 2 is 2.19 bits per heavy atom. The molecule has 0 amide bonds. The smallest absolute Gasteiger partial charge is 0.319 e. The van der Waals surface area contributed by atoms with Crippen molar-refractivity contribution in [2.75, 3.05) is 44.4 Å². The first-order chi connectivity index (χ1) is 15.1. The van der Waals surface area contributed by atoms with Crippen molar-refractivity contribution in [1.82, 2.24) is 19.9 Å². The molecule has 0 spiro atoms. The fourth-order valence-corrected chi connectivity index (χ4v) is 5.89. The zero-order valence-electron chi connectivity index (χ0n) is 17.5. The van der Waals surface area contributed by atoms with Gasteiger partial charge in [-0.3, -0.25) is 9.88 Å². The molecule has 0 radical (unpaired) electrons. The predicted octanol–water partition coefficient (Wildman–Crippen LogP) is 2.66. The van der Waals surface area contributed by atoms with E-state index >= 15 is 0 Å². The third-order valence-electron chi connectivity index (χ3n) is 7.37. The van der Waals surface area contributed by atoms with E-state index in [0.717, 1.165) is 50.9 Å². The normalized spacial score (nSPS) is 30.7. The maximum atomic E-state index is 14.8. The highest BCUT2D eigenvalue weighted by Crippen LogP contribution is 2.41. The Labute approximate surface area is 179 Å². The van der Waals surface area contributed by atoms with E-state index in [4.69, 9.17) is 14.5 Å². The van der Waals surface area contributed by atoms with Gasteiger partial charge in [-0.05, 0) is 38.6 Å². The van der Waals surface area contributed by atoms with Gasteiger partial charge >= 0.3 is 6.01 Å². The summed E-state index contributed by atoms with van der Waals surface area (Å²) in [5, 5.41) is 0.682. The van der Waals surface area contributed by atoms with Gasteiger partial charge in [0.15, 0.2) is 5.82 Å². The highest BCUT2D eigenvalue weighted by atomic mass is 19.1. The molecule has 1 unspecified atom stereocenters. The third-order valence-corrected chi connectivity index (χ3v) is 7.37. The quantitative estimate of drug-likeness (QED) is 0.740. The molecule has 0 aliphatic carbocycles. The SMILES string of the molecule is Fc1cnc2c3c(nc(OC[C@@]45CCCN4C[C@H](F)C5)nc13)N1CCCOCC1CC2. The lowest BCUT2D eigenvalue weighted by molar-refractivity contribution is 0.107. The van der Waals surface area contributed by atoms with E-state index in [9.17, 15) is 8.78 Å². The van der Waals surface area contributed by atoms with Gasteiger partial charge in [-0.1, -0.05) is 0 Å². The van der Waals surface area contributed by atoms with Gasteiger partial charge in [-0.25, -0.2) is 8.78 Å². The lowest BCUT2D eigenvalue weighted by atomic mass is 9.95. The van der Waals surface area contributed by atoms with Crippen molar-refractivity contribution in [1.29, 1.82) is 0 Å². The second-order valence-electron chi connectivity index (χ2n) is 9.28. The molecule has 0 saturated carbocycles. The summed E-state index contributed by atoms with van der Waals surface area (Å²) in [4.78, 5) is 18.0. The zero-order chi connectivity index (χ0) is 21.0. The predicted molar refractivity (Wildman–Crippen MR) is 111 cm³/mol. The molecule has 3 fully saturated rings. The molecule has 6 rings (SSSR count). The minimum Gasteiger partial charge on any atom is -0.461 e. The van der Waals surface area contributed by atoms with Crippen LogP contribution in [0.1, 0.15) is 37.8 Å². The Kier molecular flexibility index (Phi) is 4.72. The Hall–Kier alpha value is -2.13. The third kappa shape index (κ3) is 3.24. The summed E-state index contributed by atoms with van der Waals surface area (Å²) < 4.78 is 40.8. The highest BCUT2D eigenvalue weighted by molar-refractivity contribution is 5.92. The molecular formula is C22H27F2N5O2. The summed E-state index contributed by atoms with van der Waals surface area (Å²) in [7, 11) is 0. The molecule has 4 aliphatic heterocycles. The van der Waals surface area contributed by atoms with E-state index in [1.54, 1.807) is 0 Å². The van der Waals surface area contributed by atoms with Gasteiger partial charge in [0.05, 0.1) is 35.5 Å². The molecule has 0 N–H and O–H groups in total. The second-order valence-corrected chi connectivity index (χ2v) is 9.28. The maximum Gasteiger partial charge on any atom is 0.319 e. The molecule has 31 heavy (non-hydrogen) atoms. The Bertz CT molecular complexity index is 1010. The van der Waals surface area contributed by atoms with Gasteiger partial charge in [-0.15, -0.1) is 0 Å². The molecule has 9 heteroatoms. The number of rotatable bonds is 3. The molecule has 7 nitrogen and oxygen atoms in total. The van der Waals surface area contributed by atoms with E-state index < -0.39 is 12.0 Å². The number of fused-ring (bicyclic) bond motifs is 3. The molecule has 3 saturated heterocycles. The number of anilines is 1. The van der Waals surface area contributed by atoms with Crippen LogP contribution in [0.2, 0.25) is 0 Å². The monoisotopic (exact) mass is 431 g/mol. The summed E-state index contributed by atoms with van der Waals surface area (Å²) in [6.07, 6.45) is 5.32. The van der Waals surface area contributed by atoms with Crippen LogP contribution in [0.25, 0.3) is 10.9 Å². The molecule has 6 heterocycles. The second kappa shape index (κ2) is 7.48. The molecule has 2 aromatic heterocycles. The van der Waals surface area contributed by atoms with Crippen molar-refractivity contribution in [2.24, 2.45) is 0 Å². The van der Waals surface area contributed by atoms with Crippen LogP contribution in [0, 0.1) is 5.82 Å². The molecule has 2 aromatic rings. The van der Waals surface area contributed by atoms with E-state index in [2.05, 4.69) is 19.8 Å². The van der Waals surface area contributed by atoms with E-state index in [-0.39, 0.29) is 23.1 Å². The lowest BCUT2D eigenvalue weighted by Crippen LogP contribution is -2.43. The Balaban J connectivity index is 1.39. The van der Waals surface area contributed by atoms with Gasteiger partial charge in [-0.2, -0.15) is 9.97 Å². The number of nitrogens with zero attached hydrogens (tertiary/aromatic N) is 5. The summed E-state index contributed by atoms with van der Waals surface area (Å²) in [6.45, 7) is 3.80. The number of aromatic nitrogens is 3. The van der Waals surface area contributed by atoms with Crippen molar-refractivity contribution < 1.29 is 18.3 Å². The van der Waals surface area contributed by atoms with Gasteiger partial charge in [0.25, 0.3) is 0 Å². The number of hydrogen-bond acceptors (Lipinski definition) is 7. The van der Waals surface area contributed by atoms with Crippen molar-refractivity contribution in [3.05, 3.63) is 17.7 Å². The number of halogens is 2. The summed E-state index contributed by atoms with van der Waals surface area (Å²) in [5.74, 6) is 0.215. The van der Waals surface area contributed by atoms with Crippen LogP contribution >= 0.6 is 0 Å². The van der Waals surface area contributed by atoms with Gasteiger partial charge in [0.1, 0.15) is 24.1 Å². The zero-order valence-corrected chi connectivity index (χ0v) is 17.5. The van der Waals surface area contributed by atoms with E-state index in [1.807, 2.05) is 0 Å². The number of ether oxygens (including phenoxy) is 2.